The number of azide groups is 1. The number of rotatable bonds is 9. The van der Waals surface area contributed by atoms with Crippen molar-refractivity contribution in [3.8, 4) is 0 Å². The highest BCUT2D eigenvalue weighted by atomic mass is 28.4. The summed E-state index contributed by atoms with van der Waals surface area (Å²) < 4.78 is 11.1. The fourth-order valence-corrected chi connectivity index (χ4v) is 4.14. The van der Waals surface area contributed by atoms with E-state index in [1.54, 1.807) is 4.90 Å². The topological polar surface area (TPSA) is 105 Å². The number of carbonyl (C=O) groups is 2. The molecule has 0 heterocycles. The molecule has 0 bridgehead atoms. The highest BCUT2D eigenvalue weighted by molar-refractivity contribution is 6.74. The molecule has 0 unspecified atom stereocenters. The van der Waals surface area contributed by atoms with Gasteiger partial charge < -0.3 is 14.1 Å². The summed E-state index contributed by atoms with van der Waals surface area (Å²) in [5.41, 5.74) is 9.01. The summed E-state index contributed by atoms with van der Waals surface area (Å²) in [5.74, 6) is -2.01. The zero-order valence-electron chi connectivity index (χ0n) is 17.9. The molecule has 0 N–H and O–H groups in total. The molecule has 0 spiro atoms. The van der Waals surface area contributed by atoms with Gasteiger partial charge in [0, 0.05) is 24.6 Å². The summed E-state index contributed by atoms with van der Waals surface area (Å²) in [6.07, 6.45) is 0. The Morgan fingerprint density at radius 1 is 1.22 bits per heavy atom. The van der Waals surface area contributed by atoms with E-state index in [9.17, 15) is 9.59 Å². The second-order valence-corrected chi connectivity index (χ2v) is 13.3. The summed E-state index contributed by atoms with van der Waals surface area (Å²) in [7, 11) is -0.741. The number of ether oxygens (including phenoxy) is 1. The highest BCUT2D eigenvalue weighted by Gasteiger charge is 2.63. The third-order valence-electron chi connectivity index (χ3n) is 5.97. The van der Waals surface area contributed by atoms with Gasteiger partial charge in [0.15, 0.2) is 8.32 Å². The Morgan fingerprint density at radius 3 is 2.19 bits per heavy atom. The first-order valence-corrected chi connectivity index (χ1v) is 12.4. The predicted molar refractivity (Wildman–Crippen MR) is 106 cm³/mol. The fourth-order valence-electron chi connectivity index (χ4n) is 3.12. The van der Waals surface area contributed by atoms with Gasteiger partial charge in [0.25, 0.3) is 0 Å². The molecule has 8 nitrogen and oxygen atoms in total. The molecule has 0 saturated heterocycles. The van der Waals surface area contributed by atoms with E-state index in [0.29, 0.717) is 13.1 Å². The van der Waals surface area contributed by atoms with Gasteiger partial charge >= 0.3 is 5.97 Å². The van der Waals surface area contributed by atoms with Crippen molar-refractivity contribution in [2.45, 2.75) is 58.8 Å². The van der Waals surface area contributed by atoms with Crippen LogP contribution in [0, 0.1) is 17.8 Å². The van der Waals surface area contributed by atoms with Crippen LogP contribution >= 0.6 is 0 Å². The normalized spacial score (nSPS) is 23.2. The number of hydrogen-bond donors (Lipinski definition) is 0. The molecular formula is C18H34N4O4Si. The van der Waals surface area contributed by atoms with Gasteiger partial charge in [-0.25, -0.2) is 0 Å². The second kappa shape index (κ2) is 9.08. The highest BCUT2D eigenvalue weighted by Crippen LogP contribution is 2.52. The Kier molecular flexibility index (Phi) is 7.89. The number of esters is 1. The van der Waals surface area contributed by atoms with Crippen LogP contribution < -0.4 is 0 Å². The van der Waals surface area contributed by atoms with Crippen LogP contribution in [-0.2, 0) is 18.8 Å². The van der Waals surface area contributed by atoms with Gasteiger partial charge in [0.2, 0.25) is 5.91 Å². The molecule has 0 aromatic carbocycles. The smallest absolute Gasteiger partial charge is 0.309 e. The minimum Gasteiger partial charge on any atom is -0.469 e. The van der Waals surface area contributed by atoms with Gasteiger partial charge in [-0.1, -0.05) is 25.9 Å². The van der Waals surface area contributed by atoms with E-state index in [1.165, 1.54) is 7.11 Å². The van der Waals surface area contributed by atoms with Gasteiger partial charge in [-0.15, -0.1) is 0 Å². The Bertz CT molecular complexity index is 595. The first-order valence-electron chi connectivity index (χ1n) is 9.51. The van der Waals surface area contributed by atoms with E-state index in [4.69, 9.17) is 14.7 Å². The maximum atomic E-state index is 12.8. The molecule has 1 rings (SSSR count). The molecule has 0 aromatic heterocycles. The number of hydrogen-bond acceptors (Lipinski definition) is 5. The van der Waals surface area contributed by atoms with Crippen LogP contribution in [0.1, 0.15) is 34.6 Å². The molecule has 27 heavy (non-hydrogen) atoms. The molecule has 4 atom stereocenters. The lowest BCUT2D eigenvalue weighted by molar-refractivity contribution is -0.144. The third kappa shape index (κ3) is 5.24. The van der Waals surface area contributed by atoms with Gasteiger partial charge in [-0.2, -0.15) is 0 Å². The van der Waals surface area contributed by atoms with Crippen molar-refractivity contribution in [1.29, 1.82) is 0 Å². The van der Waals surface area contributed by atoms with E-state index < -0.39 is 32.2 Å². The van der Waals surface area contributed by atoms with Crippen LogP contribution in [0.3, 0.4) is 0 Å². The Hall–Kier alpha value is -1.57. The summed E-state index contributed by atoms with van der Waals surface area (Å²) in [6.45, 7) is 15.8. The maximum Gasteiger partial charge on any atom is 0.309 e. The largest absolute Gasteiger partial charge is 0.469 e. The summed E-state index contributed by atoms with van der Waals surface area (Å²) >= 11 is 0. The molecule has 0 aromatic rings. The van der Waals surface area contributed by atoms with Crippen molar-refractivity contribution in [3.05, 3.63) is 10.4 Å². The molecule has 1 amide bonds. The van der Waals surface area contributed by atoms with Crippen molar-refractivity contribution < 1.29 is 18.8 Å². The molecule has 1 fully saturated rings. The minimum absolute atomic E-state index is 0.00957. The number of nitrogens with zero attached hydrogens (tertiary/aromatic N) is 4. The van der Waals surface area contributed by atoms with Crippen molar-refractivity contribution in [1.82, 2.24) is 4.90 Å². The van der Waals surface area contributed by atoms with E-state index in [2.05, 4.69) is 43.9 Å². The minimum atomic E-state index is -2.05. The standard InChI is InChI=1S/C18H34N4O4Si/c1-9-22(10-2)16(23)14-13(15(14)17(24)25-6)12(20-21-19)11-26-27(7,8)18(3,4)5/h12-15H,9-11H2,1-8H3/t12-,13+,14-,15-/m1/s1. The van der Waals surface area contributed by atoms with Crippen molar-refractivity contribution in [3.63, 3.8) is 0 Å². The molecule has 154 valence electrons. The molecule has 1 saturated carbocycles. The van der Waals surface area contributed by atoms with E-state index in [1.807, 2.05) is 13.8 Å². The van der Waals surface area contributed by atoms with Gasteiger partial charge in [0.1, 0.15) is 0 Å². The van der Waals surface area contributed by atoms with E-state index in [0.717, 1.165) is 0 Å². The first-order chi connectivity index (χ1) is 12.5. The lowest BCUT2D eigenvalue weighted by Crippen LogP contribution is -2.43. The van der Waals surface area contributed by atoms with Crippen LogP contribution in [0.25, 0.3) is 10.4 Å². The van der Waals surface area contributed by atoms with Gasteiger partial charge in [0.05, 0.1) is 25.0 Å². The van der Waals surface area contributed by atoms with Crippen LogP contribution in [0.2, 0.25) is 18.1 Å². The third-order valence-corrected chi connectivity index (χ3v) is 10.5. The van der Waals surface area contributed by atoms with Crippen LogP contribution in [0.15, 0.2) is 5.11 Å². The average Bonchev–Trinajstić information content (AvgIpc) is 3.33. The number of methoxy groups -OCH3 is 1. The van der Waals surface area contributed by atoms with Crippen LogP contribution in [0.5, 0.6) is 0 Å². The second-order valence-electron chi connectivity index (χ2n) is 8.51. The van der Waals surface area contributed by atoms with E-state index >= 15 is 0 Å². The lowest BCUT2D eigenvalue weighted by atomic mass is 10.1. The summed E-state index contributed by atoms with van der Waals surface area (Å²) in [6, 6.07) is -0.572. The van der Waals surface area contributed by atoms with Crippen molar-refractivity contribution in [2.75, 3.05) is 26.8 Å². The summed E-state index contributed by atoms with van der Waals surface area (Å²) in [5, 5.41) is 3.89. The molecule has 9 heteroatoms. The quantitative estimate of drug-likeness (QED) is 0.194. The predicted octanol–water partition coefficient (Wildman–Crippen LogP) is 3.59. The fraction of sp³-hybridized carbons (Fsp3) is 0.889. The Morgan fingerprint density at radius 2 is 1.78 bits per heavy atom. The number of carbonyl (C=O) groups excluding carboxylic acids is 2. The van der Waals surface area contributed by atoms with Gasteiger partial charge in [-0.05, 0) is 43.4 Å². The molecule has 1 aliphatic rings. The van der Waals surface area contributed by atoms with Crippen LogP contribution in [-0.4, -0.2) is 57.9 Å². The lowest BCUT2D eigenvalue weighted by Gasteiger charge is -2.37. The average molecular weight is 399 g/mol. The monoisotopic (exact) mass is 398 g/mol. The maximum absolute atomic E-state index is 12.8. The first kappa shape index (κ1) is 23.5. The Labute approximate surface area is 163 Å². The SMILES string of the molecule is CCN(CC)C(=O)[C@H]1[C@H](C(=O)OC)[C@H]1[C@@H](CO[Si](C)(C)C(C)(C)C)N=[N+]=[N-]. The van der Waals surface area contributed by atoms with Crippen molar-refractivity contribution in [2.24, 2.45) is 22.9 Å². The molecule has 1 aliphatic carbocycles. The molecular weight excluding hydrogens is 364 g/mol. The van der Waals surface area contributed by atoms with Crippen molar-refractivity contribution >= 4 is 20.2 Å². The Balaban J connectivity index is 3.04. The molecule has 0 aliphatic heterocycles. The summed E-state index contributed by atoms with van der Waals surface area (Å²) in [4.78, 5) is 29.7. The zero-order valence-corrected chi connectivity index (χ0v) is 18.9. The zero-order chi connectivity index (χ0) is 21.0. The van der Waals surface area contributed by atoms with E-state index in [-0.39, 0.29) is 23.5 Å². The molecule has 0 radical (unpaired) electrons. The van der Waals surface area contributed by atoms with Gasteiger partial charge in [-0.3, -0.25) is 9.59 Å². The number of amides is 1. The van der Waals surface area contributed by atoms with Crippen LogP contribution in [0.4, 0.5) is 0 Å².